The first-order chi connectivity index (χ1) is 16.3. The van der Waals surface area contributed by atoms with Gasteiger partial charge in [-0.3, -0.25) is 4.79 Å². The zero-order chi connectivity index (χ0) is 23.6. The number of nitrogens with zero attached hydrogens (tertiary/aromatic N) is 5. The lowest BCUT2D eigenvalue weighted by molar-refractivity contribution is 0.382. The number of rotatable bonds is 5. The Labute approximate surface area is 202 Å². The summed E-state index contributed by atoms with van der Waals surface area (Å²) >= 11 is 1.56. The summed E-state index contributed by atoms with van der Waals surface area (Å²) in [6.45, 7) is 9.38. The molecule has 0 unspecified atom stereocenters. The van der Waals surface area contributed by atoms with E-state index in [0.717, 1.165) is 29.5 Å². The van der Waals surface area contributed by atoms with Crippen molar-refractivity contribution in [1.82, 2.24) is 29.6 Å². The van der Waals surface area contributed by atoms with Gasteiger partial charge in [-0.2, -0.15) is 4.98 Å². The maximum Gasteiger partial charge on any atom is 0.278 e. The standard InChI is InChI=1S/C25H29N7OS/c1-14(2)31-22(33)18-12-26-23(28-17-7-8-19-16(11-17)9-10-27-25(19,3)4)30-21(18)32(31)24-29-20(13-34-24)15-5-6-15/h7-8,11-15,27H,5-6,9-10H2,1-4H3,(H,26,28,30). The number of hydrogen-bond acceptors (Lipinski definition) is 7. The molecule has 2 N–H and O–H groups in total. The number of thiazole rings is 1. The van der Waals surface area contributed by atoms with Crippen LogP contribution in [0.3, 0.4) is 0 Å². The van der Waals surface area contributed by atoms with Crippen LogP contribution in [0.15, 0.2) is 34.6 Å². The third-order valence-corrected chi connectivity index (χ3v) is 7.63. The Hall–Kier alpha value is -3.04. The highest BCUT2D eigenvalue weighted by molar-refractivity contribution is 7.12. The van der Waals surface area contributed by atoms with E-state index in [0.29, 0.717) is 22.9 Å². The van der Waals surface area contributed by atoms with Crippen LogP contribution in [-0.2, 0) is 12.0 Å². The van der Waals surface area contributed by atoms with Gasteiger partial charge in [0.2, 0.25) is 11.1 Å². The molecule has 1 saturated carbocycles. The fraction of sp³-hybridized carbons (Fsp3) is 0.440. The van der Waals surface area contributed by atoms with E-state index >= 15 is 0 Å². The van der Waals surface area contributed by atoms with Gasteiger partial charge in [0.25, 0.3) is 5.56 Å². The van der Waals surface area contributed by atoms with Crippen molar-refractivity contribution in [2.45, 2.75) is 64.5 Å². The molecule has 0 atom stereocenters. The van der Waals surface area contributed by atoms with Crippen molar-refractivity contribution in [3.05, 3.63) is 57.0 Å². The van der Waals surface area contributed by atoms with Gasteiger partial charge in [0.05, 0.1) is 5.69 Å². The number of benzene rings is 1. The lowest BCUT2D eigenvalue weighted by Gasteiger charge is -2.34. The van der Waals surface area contributed by atoms with Crippen LogP contribution in [0.2, 0.25) is 0 Å². The Morgan fingerprint density at radius 1 is 1.24 bits per heavy atom. The van der Waals surface area contributed by atoms with E-state index < -0.39 is 0 Å². The molecule has 1 fully saturated rings. The molecule has 0 radical (unpaired) electrons. The third kappa shape index (κ3) is 3.54. The van der Waals surface area contributed by atoms with Crippen LogP contribution in [0.4, 0.5) is 11.6 Å². The minimum absolute atomic E-state index is 0.0373. The fourth-order valence-electron chi connectivity index (χ4n) is 4.87. The number of aromatic nitrogens is 5. The summed E-state index contributed by atoms with van der Waals surface area (Å²) in [5.41, 5.74) is 5.15. The largest absolute Gasteiger partial charge is 0.324 e. The lowest BCUT2D eigenvalue weighted by atomic mass is 9.85. The topological polar surface area (TPSA) is 89.7 Å². The van der Waals surface area contributed by atoms with Gasteiger partial charge in [0.1, 0.15) is 5.39 Å². The molecule has 4 heterocycles. The van der Waals surface area contributed by atoms with Crippen molar-refractivity contribution >= 4 is 34.0 Å². The van der Waals surface area contributed by atoms with Crippen molar-refractivity contribution in [3.63, 3.8) is 0 Å². The lowest BCUT2D eigenvalue weighted by Crippen LogP contribution is -2.42. The molecule has 6 rings (SSSR count). The first-order valence-corrected chi connectivity index (χ1v) is 12.8. The average Bonchev–Trinajstić information content (AvgIpc) is 3.45. The molecule has 4 aromatic rings. The Kier molecular flexibility index (Phi) is 4.90. The average molecular weight is 476 g/mol. The molecule has 1 aromatic carbocycles. The minimum atomic E-state index is -0.0942. The van der Waals surface area contributed by atoms with Gasteiger partial charge in [-0.15, -0.1) is 11.3 Å². The van der Waals surface area contributed by atoms with Crippen molar-refractivity contribution in [1.29, 1.82) is 0 Å². The fourth-order valence-corrected chi connectivity index (χ4v) is 5.78. The van der Waals surface area contributed by atoms with Crippen LogP contribution in [0.1, 0.15) is 69.3 Å². The first-order valence-electron chi connectivity index (χ1n) is 11.9. The van der Waals surface area contributed by atoms with E-state index in [2.05, 4.69) is 53.0 Å². The van der Waals surface area contributed by atoms with E-state index in [1.165, 1.54) is 24.0 Å². The Balaban J connectivity index is 1.42. The highest BCUT2D eigenvalue weighted by Gasteiger charge is 2.29. The highest BCUT2D eigenvalue weighted by atomic mass is 32.1. The van der Waals surface area contributed by atoms with Crippen molar-refractivity contribution in [2.24, 2.45) is 0 Å². The molecule has 1 aliphatic heterocycles. The van der Waals surface area contributed by atoms with E-state index in [1.54, 1.807) is 22.2 Å². The normalized spacial score (nSPS) is 17.3. The van der Waals surface area contributed by atoms with Crippen LogP contribution in [0, 0.1) is 0 Å². The van der Waals surface area contributed by atoms with E-state index in [4.69, 9.17) is 9.97 Å². The van der Waals surface area contributed by atoms with Gasteiger partial charge in [0, 0.05) is 34.8 Å². The van der Waals surface area contributed by atoms with Gasteiger partial charge in [0.15, 0.2) is 5.65 Å². The molecule has 9 heteroatoms. The summed E-state index contributed by atoms with van der Waals surface area (Å²) < 4.78 is 3.60. The molecule has 3 aromatic heterocycles. The van der Waals surface area contributed by atoms with Gasteiger partial charge < -0.3 is 10.6 Å². The highest BCUT2D eigenvalue weighted by Crippen LogP contribution is 2.41. The molecule has 0 spiro atoms. The van der Waals surface area contributed by atoms with Crippen LogP contribution < -0.4 is 16.2 Å². The molecule has 34 heavy (non-hydrogen) atoms. The van der Waals surface area contributed by atoms with Crippen molar-refractivity contribution < 1.29 is 0 Å². The number of fused-ring (bicyclic) bond motifs is 2. The van der Waals surface area contributed by atoms with Crippen LogP contribution in [-0.4, -0.2) is 30.9 Å². The molecule has 1 aliphatic carbocycles. The van der Waals surface area contributed by atoms with Crippen LogP contribution in [0.5, 0.6) is 0 Å². The molecule has 0 bridgehead atoms. The summed E-state index contributed by atoms with van der Waals surface area (Å²) in [6, 6.07) is 6.38. The van der Waals surface area contributed by atoms with Crippen molar-refractivity contribution in [3.8, 4) is 5.13 Å². The van der Waals surface area contributed by atoms with E-state index in [-0.39, 0.29) is 17.1 Å². The predicted octanol–water partition coefficient (Wildman–Crippen LogP) is 4.62. The summed E-state index contributed by atoms with van der Waals surface area (Å²) in [5, 5.41) is 10.3. The zero-order valence-electron chi connectivity index (χ0n) is 19.9. The smallest absolute Gasteiger partial charge is 0.278 e. The molecule has 8 nitrogen and oxygen atoms in total. The quantitative estimate of drug-likeness (QED) is 0.438. The second kappa shape index (κ2) is 7.74. The molecule has 0 amide bonds. The second-order valence-corrected chi connectivity index (χ2v) is 11.0. The summed E-state index contributed by atoms with van der Waals surface area (Å²) in [4.78, 5) is 27.4. The monoisotopic (exact) mass is 475 g/mol. The molecule has 176 valence electrons. The van der Waals surface area contributed by atoms with Crippen molar-refractivity contribution in [2.75, 3.05) is 11.9 Å². The molecule has 0 saturated heterocycles. The van der Waals surface area contributed by atoms with E-state index in [1.807, 2.05) is 18.5 Å². The van der Waals surface area contributed by atoms with Gasteiger partial charge >= 0.3 is 0 Å². The number of anilines is 2. The Morgan fingerprint density at radius 2 is 2.06 bits per heavy atom. The van der Waals surface area contributed by atoms with Crippen LogP contribution >= 0.6 is 11.3 Å². The van der Waals surface area contributed by atoms with Crippen LogP contribution in [0.25, 0.3) is 16.2 Å². The maximum atomic E-state index is 13.2. The Bertz CT molecular complexity index is 1460. The zero-order valence-corrected chi connectivity index (χ0v) is 20.7. The van der Waals surface area contributed by atoms with Gasteiger partial charge in [-0.1, -0.05) is 6.07 Å². The van der Waals surface area contributed by atoms with Gasteiger partial charge in [-0.25, -0.2) is 19.3 Å². The molecule has 2 aliphatic rings. The predicted molar refractivity (Wildman–Crippen MR) is 136 cm³/mol. The third-order valence-electron chi connectivity index (χ3n) is 6.80. The minimum Gasteiger partial charge on any atom is -0.324 e. The van der Waals surface area contributed by atoms with Gasteiger partial charge in [-0.05, 0) is 76.8 Å². The summed E-state index contributed by atoms with van der Waals surface area (Å²) in [7, 11) is 0. The van der Waals surface area contributed by atoms with E-state index in [9.17, 15) is 4.79 Å². The summed E-state index contributed by atoms with van der Waals surface area (Å²) in [6.07, 6.45) is 5.00. The SMILES string of the molecule is CC(C)n1c(=O)c2cnc(Nc3ccc4c(c3)CCNC4(C)C)nc2n1-c1nc(C2CC2)cs1. The molecular formula is C25H29N7OS. The number of hydrogen-bond donors (Lipinski definition) is 2. The maximum absolute atomic E-state index is 13.2. The molecular weight excluding hydrogens is 446 g/mol. The second-order valence-electron chi connectivity index (χ2n) is 10.1. The first kappa shape index (κ1) is 21.5. The summed E-state index contributed by atoms with van der Waals surface area (Å²) in [5.74, 6) is 1.02. The number of nitrogens with one attached hydrogen (secondary N) is 2. The Morgan fingerprint density at radius 3 is 2.82 bits per heavy atom.